The van der Waals surface area contributed by atoms with Crippen LogP contribution in [0.4, 0.5) is 0 Å². The molecule has 0 bridgehead atoms. The van der Waals surface area contributed by atoms with E-state index < -0.39 is 10.0 Å². The Balaban J connectivity index is 2.44. The highest BCUT2D eigenvalue weighted by atomic mass is 35.6. The number of carbonyl (C=O) groups is 1. The van der Waals surface area contributed by atoms with E-state index in [1.807, 2.05) is 0 Å². The Morgan fingerprint density at radius 2 is 2.15 bits per heavy atom. The molecule has 0 spiro atoms. The number of aliphatic hydroxyl groups is 1. The Labute approximate surface area is 91.3 Å². The second-order valence-electron chi connectivity index (χ2n) is 3.02. The van der Waals surface area contributed by atoms with Crippen molar-refractivity contribution in [3.05, 3.63) is 0 Å². The highest BCUT2D eigenvalue weighted by Crippen LogP contribution is 2.30. The van der Waals surface area contributed by atoms with Gasteiger partial charge in [-0.3, -0.25) is 10.1 Å². The van der Waals surface area contributed by atoms with Gasteiger partial charge in [0.2, 0.25) is 3.79 Å². The smallest absolute Gasteiger partial charge is 0.229 e. The number of ketones is 1. The van der Waals surface area contributed by atoms with Crippen LogP contribution in [0.2, 0.25) is 0 Å². The first-order chi connectivity index (χ1) is 5.91. The van der Waals surface area contributed by atoms with Crippen LogP contribution >= 0.6 is 34.8 Å². The molecule has 3 nitrogen and oxygen atoms in total. The Morgan fingerprint density at radius 3 is 2.54 bits per heavy atom. The van der Waals surface area contributed by atoms with Crippen LogP contribution < -0.4 is 5.32 Å². The molecule has 6 heteroatoms. The number of carbonyl (C=O) groups excluding carboxylic acids is 1. The second-order valence-corrected chi connectivity index (χ2v) is 5.39. The molecule has 2 unspecified atom stereocenters. The summed E-state index contributed by atoms with van der Waals surface area (Å²) in [6.07, 6.45) is 0.744. The number of nitrogens with one attached hydrogen (secondary N) is 1. The molecule has 1 saturated carbocycles. The molecule has 0 aliphatic heterocycles. The average Bonchev–Trinajstić information content (AvgIpc) is 2.34. The first-order valence-electron chi connectivity index (χ1n) is 3.95. The van der Waals surface area contributed by atoms with Crippen molar-refractivity contribution < 1.29 is 9.90 Å². The quantitative estimate of drug-likeness (QED) is 0.572. The summed E-state index contributed by atoms with van der Waals surface area (Å²) in [5.74, 6) is 0.0632. The standard InChI is InChI=1S/C7H10Cl3NO2/c8-7(9,10)6(13)11-4-2-1-3-5(4)12/h4,6,11,13H,1-3H2. The van der Waals surface area contributed by atoms with E-state index in [1.54, 1.807) is 0 Å². The van der Waals surface area contributed by atoms with E-state index in [1.165, 1.54) is 0 Å². The molecule has 0 radical (unpaired) electrons. The third-order valence-electron chi connectivity index (χ3n) is 1.97. The maximum absolute atomic E-state index is 11.1. The van der Waals surface area contributed by atoms with Gasteiger partial charge in [-0.1, -0.05) is 34.8 Å². The zero-order valence-electron chi connectivity index (χ0n) is 6.77. The molecule has 1 aliphatic carbocycles. The van der Waals surface area contributed by atoms with Crippen molar-refractivity contribution in [2.45, 2.75) is 35.3 Å². The number of hydrogen-bond acceptors (Lipinski definition) is 3. The summed E-state index contributed by atoms with van der Waals surface area (Å²) in [6, 6.07) is -0.370. The van der Waals surface area contributed by atoms with E-state index in [0.29, 0.717) is 12.8 Å². The predicted molar refractivity (Wildman–Crippen MR) is 52.1 cm³/mol. The van der Waals surface area contributed by atoms with Gasteiger partial charge in [-0.25, -0.2) is 0 Å². The highest BCUT2D eigenvalue weighted by molar-refractivity contribution is 6.68. The summed E-state index contributed by atoms with van der Waals surface area (Å²) in [7, 11) is 0. The van der Waals surface area contributed by atoms with Gasteiger partial charge in [0.1, 0.15) is 5.78 Å². The lowest BCUT2D eigenvalue weighted by Crippen LogP contribution is -2.47. The minimum atomic E-state index is -1.79. The molecule has 0 amide bonds. The summed E-state index contributed by atoms with van der Waals surface area (Å²) in [6.45, 7) is 0. The van der Waals surface area contributed by atoms with Gasteiger partial charge in [0.25, 0.3) is 0 Å². The first-order valence-corrected chi connectivity index (χ1v) is 5.08. The molecule has 1 aliphatic rings. The Morgan fingerprint density at radius 1 is 1.54 bits per heavy atom. The van der Waals surface area contributed by atoms with E-state index in [2.05, 4.69) is 5.32 Å². The minimum Gasteiger partial charge on any atom is -0.374 e. The van der Waals surface area contributed by atoms with Gasteiger partial charge in [-0.15, -0.1) is 0 Å². The van der Waals surface area contributed by atoms with Crippen LogP contribution in [0.5, 0.6) is 0 Å². The second kappa shape index (κ2) is 4.32. The number of Topliss-reactive ketones (excluding diaryl/α,β-unsaturated/α-hetero) is 1. The van der Waals surface area contributed by atoms with Crippen molar-refractivity contribution in [3.63, 3.8) is 0 Å². The topological polar surface area (TPSA) is 49.3 Å². The number of alkyl halides is 3. The van der Waals surface area contributed by atoms with Gasteiger partial charge in [0.05, 0.1) is 6.04 Å². The Hall–Kier alpha value is 0.460. The predicted octanol–water partition coefficient (Wildman–Crippen LogP) is 1.39. The maximum atomic E-state index is 11.1. The summed E-state index contributed by atoms with van der Waals surface area (Å²) in [5, 5.41) is 11.9. The monoisotopic (exact) mass is 245 g/mol. The van der Waals surface area contributed by atoms with Crippen molar-refractivity contribution >= 4 is 40.6 Å². The first kappa shape index (κ1) is 11.5. The molecule has 1 rings (SSSR count). The molecule has 0 saturated heterocycles. The molecule has 0 aromatic carbocycles. The van der Waals surface area contributed by atoms with Crippen molar-refractivity contribution in [1.82, 2.24) is 5.32 Å². The third-order valence-corrected chi connectivity index (χ3v) is 2.59. The molecule has 0 aromatic heterocycles. The average molecular weight is 247 g/mol. The van der Waals surface area contributed by atoms with E-state index >= 15 is 0 Å². The summed E-state index contributed by atoms with van der Waals surface area (Å²) < 4.78 is -1.79. The van der Waals surface area contributed by atoms with Crippen LogP contribution in [-0.4, -0.2) is 27.0 Å². The number of aliphatic hydroxyl groups excluding tert-OH is 1. The molecule has 1 fully saturated rings. The van der Waals surface area contributed by atoms with Gasteiger partial charge < -0.3 is 5.11 Å². The van der Waals surface area contributed by atoms with E-state index in [0.717, 1.165) is 6.42 Å². The summed E-state index contributed by atoms with van der Waals surface area (Å²) in [5.41, 5.74) is 0. The molecule has 13 heavy (non-hydrogen) atoms. The molecule has 2 atom stereocenters. The van der Waals surface area contributed by atoms with Gasteiger partial charge in [-0.2, -0.15) is 0 Å². The number of rotatable bonds is 2. The van der Waals surface area contributed by atoms with Crippen LogP contribution in [0.3, 0.4) is 0 Å². The van der Waals surface area contributed by atoms with Crippen LogP contribution in [0.25, 0.3) is 0 Å². The molecular weight excluding hydrogens is 236 g/mol. The van der Waals surface area contributed by atoms with Crippen molar-refractivity contribution in [3.8, 4) is 0 Å². The van der Waals surface area contributed by atoms with E-state index in [4.69, 9.17) is 34.8 Å². The van der Waals surface area contributed by atoms with Crippen molar-refractivity contribution in [2.75, 3.05) is 0 Å². The van der Waals surface area contributed by atoms with Crippen LogP contribution in [0, 0.1) is 0 Å². The Bertz CT molecular complexity index is 204. The largest absolute Gasteiger partial charge is 0.374 e. The van der Waals surface area contributed by atoms with Crippen molar-refractivity contribution in [1.29, 1.82) is 0 Å². The third kappa shape index (κ3) is 3.26. The SMILES string of the molecule is O=C1CCCC1NC(O)C(Cl)(Cl)Cl. The van der Waals surface area contributed by atoms with E-state index in [-0.39, 0.29) is 11.8 Å². The minimum absolute atomic E-state index is 0.0632. The van der Waals surface area contributed by atoms with Gasteiger partial charge >= 0.3 is 0 Å². The number of hydrogen-bond donors (Lipinski definition) is 2. The normalized spacial score (nSPS) is 26.5. The maximum Gasteiger partial charge on any atom is 0.229 e. The molecule has 76 valence electrons. The highest BCUT2D eigenvalue weighted by Gasteiger charge is 2.35. The summed E-state index contributed by atoms with van der Waals surface area (Å²) in [4.78, 5) is 11.1. The fraction of sp³-hybridized carbons (Fsp3) is 0.857. The fourth-order valence-corrected chi connectivity index (χ4v) is 1.47. The van der Waals surface area contributed by atoms with E-state index in [9.17, 15) is 9.90 Å². The Kier molecular flexibility index (Phi) is 3.83. The fourth-order valence-electron chi connectivity index (χ4n) is 1.28. The lowest BCUT2D eigenvalue weighted by atomic mass is 10.2. The van der Waals surface area contributed by atoms with Gasteiger partial charge in [0, 0.05) is 6.42 Å². The van der Waals surface area contributed by atoms with Gasteiger partial charge in [0.15, 0.2) is 6.23 Å². The zero-order valence-corrected chi connectivity index (χ0v) is 9.03. The molecule has 0 heterocycles. The molecule has 0 aromatic rings. The van der Waals surface area contributed by atoms with Crippen LogP contribution in [-0.2, 0) is 4.79 Å². The van der Waals surface area contributed by atoms with Gasteiger partial charge in [-0.05, 0) is 12.8 Å². The molecular formula is C7H10Cl3NO2. The molecule has 2 N–H and O–H groups in total. The lowest BCUT2D eigenvalue weighted by Gasteiger charge is -2.22. The van der Waals surface area contributed by atoms with Crippen LogP contribution in [0.15, 0.2) is 0 Å². The summed E-state index contributed by atoms with van der Waals surface area (Å²) >= 11 is 16.3. The van der Waals surface area contributed by atoms with Crippen molar-refractivity contribution in [2.24, 2.45) is 0 Å². The lowest BCUT2D eigenvalue weighted by molar-refractivity contribution is -0.119. The zero-order chi connectivity index (χ0) is 10.1. The van der Waals surface area contributed by atoms with Crippen LogP contribution in [0.1, 0.15) is 19.3 Å². The number of halogens is 3.